The molecular weight excluding hydrogens is 703 g/mol. The van der Waals surface area contributed by atoms with Gasteiger partial charge in [0.2, 0.25) is 5.58 Å². The minimum absolute atomic E-state index is 0.122. The summed E-state index contributed by atoms with van der Waals surface area (Å²) in [5, 5.41) is 5.77. The maximum absolute atomic E-state index is 12.3. The number of benzene rings is 4. The average Bonchev–Trinajstić information content (AvgIpc) is 3.60. The molecule has 0 bridgehead atoms. The predicted molar refractivity (Wildman–Crippen MR) is 204 cm³/mol. The van der Waals surface area contributed by atoms with E-state index >= 15 is 0 Å². The number of hydrogen-bond acceptors (Lipinski definition) is 9. The van der Waals surface area contributed by atoms with E-state index in [-0.39, 0.29) is 23.9 Å². The molecule has 2 atom stereocenters. The zero-order valence-corrected chi connectivity index (χ0v) is 31.5. The predicted octanol–water partition coefficient (Wildman–Crippen LogP) is 6.69. The molecule has 2 aliphatic heterocycles. The van der Waals surface area contributed by atoms with E-state index in [2.05, 4.69) is 19.2 Å². The van der Waals surface area contributed by atoms with Gasteiger partial charge in [-0.25, -0.2) is 21.3 Å². The van der Waals surface area contributed by atoms with E-state index in [1.54, 1.807) is 30.4 Å². The number of nitrogens with one attached hydrogen (secondary N) is 1. The van der Waals surface area contributed by atoms with Gasteiger partial charge in [0, 0.05) is 30.4 Å². The number of nitrogens with zero attached hydrogens (tertiary/aromatic N) is 2. The van der Waals surface area contributed by atoms with Crippen LogP contribution in [0.25, 0.3) is 38.7 Å². The maximum atomic E-state index is 12.3. The molecular formula is C39H45N3O8S2. The standard InChI is InChI=1S/C33H28N2O8S2.C4H11N.C2H6/c36-44(37,38)18-8-16-34-27-19-23-9-4-6-11-25(23)21-29(27)42-31(34)13-2-1-3-14-32-35(17-15-33(35)45(39,40)41)28-20-24-10-5-7-12-26(24)22-30(28)43-32;1-3-5-4-2;1-2/h1-7,9-14,19-22,33H,8,15-18H2;5H,3-4H2,1-2H3;1-2H3. The summed E-state index contributed by atoms with van der Waals surface area (Å²) in [7, 11) is -8.98. The highest BCUT2D eigenvalue weighted by atomic mass is 32.2. The molecule has 3 heterocycles. The molecule has 0 saturated carbocycles. The van der Waals surface area contributed by atoms with Crippen molar-refractivity contribution >= 4 is 64.6 Å². The third-order valence-electron chi connectivity index (χ3n) is 8.99. The molecule has 7 rings (SSSR count). The molecule has 5 aromatic rings. The molecule has 4 aromatic carbocycles. The lowest BCUT2D eigenvalue weighted by atomic mass is 10.0. The summed E-state index contributed by atoms with van der Waals surface area (Å²) in [6.45, 7) is 11.1. The highest BCUT2D eigenvalue weighted by Gasteiger charge is 2.61. The largest absolute Gasteiger partial charge is 0.748 e. The second-order valence-corrected chi connectivity index (χ2v) is 15.2. The third kappa shape index (κ3) is 8.30. The van der Waals surface area contributed by atoms with Gasteiger partial charge in [0.1, 0.15) is 0 Å². The van der Waals surface area contributed by atoms with Gasteiger partial charge in [0.15, 0.2) is 33.5 Å². The maximum Gasteiger partial charge on any atom is 0.374 e. The first kappa shape index (κ1) is 38.9. The Morgan fingerprint density at radius 3 is 2.04 bits per heavy atom. The normalized spacial score (nSPS) is 19.1. The lowest BCUT2D eigenvalue weighted by Gasteiger charge is -2.47. The van der Waals surface area contributed by atoms with Crippen LogP contribution in [0.15, 0.2) is 107 Å². The molecule has 13 heteroatoms. The van der Waals surface area contributed by atoms with Crippen LogP contribution in [0.1, 0.15) is 46.4 Å². The summed E-state index contributed by atoms with van der Waals surface area (Å²) in [6, 6.07) is 23.1. The number of aromatic nitrogens is 1. The molecule has 1 fully saturated rings. The Kier molecular flexibility index (Phi) is 12.4. The Bertz CT molecular complexity index is 2360. The van der Waals surface area contributed by atoms with Crippen molar-refractivity contribution in [3.63, 3.8) is 0 Å². The second-order valence-electron chi connectivity index (χ2n) is 12.2. The van der Waals surface area contributed by atoms with E-state index in [0.717, 1.165) is 40.2 Å². The van der Waals surface area contributed by atoms with Crippen molar-refractivity contribution in [2.45, 2.75) is 52.5 Å². The van der Waals surface area contributed by atoms with E-state index < -0.39 is 31.4 Å². The fourth-order valence-corrected chi connectivity index (χ4v) is 8.24. The first-order valence-corrected chi connectivity index (χ1v) is 20.6. The van der Waals surface area contributed by atoms with Gasteiger partial charge in [0.25, 0.3) is 5.52 Å². The molecule has 0 amide bonds. The third-order valence-corrected chi connectivity index (χ3v) is 11.0. The Balaban J connectivity index is 0.000000690. The number of ether oxygens (including phenoxy) is 1. The SMILES string of the molecule is CC.CCNCC.O=S(=O)([O-])CCC[n+]1c(C=CC=CC=C2Oc3cc4ccccc4cc3[N+]23CCC3S(=O)(=O)[O-])oc2cc3ccccc3cc21. The number of rotatable bonds is 10. The number of oxazole rings is 1. The Hall–Kier alpha value is -4.37. The molecule has 1 N–H and O–H groups in total. The summed E-state index contributed by atoms with van der Waals surface area (Å²) < 4.78 is 84.6. The van der Waals surface area contributed by atoms with Gasteiger partial charge in [-0.15, -0.1) is 0 Å². The van der Waals surface area contributed by atoms with E-state index in [4.69, 9.17) is 9.15 Å². The van der Waals surface area contributed by atoms with Crippen LogP contribution >= 0.6 is 0 Å². The van der Waals surface area contributed by atoms with Crippen molar-refractivity contribution in [1.82, 2.24) is 9.80 Å². The van der Waals surface area contributed by atoms with Crippen LogP contribution in [-0.4, -0.2) is 56.7 Å². The smallest absolute Gasteiger partial charge is 0.374 e. The van der Waals surface area contributed by atoms with Crippen LogP contribution in [-0.2, 0) is 26.8 Å². The summed E-state index contributed by atoms with van der Waals surface area (Å²) in [6.07, 6.45) is 8.91. The highest BCUT2D eigenvalue weighted by molar-refractivity contribution is 7.86. The Morgan fingerprint density at radius 1 is 0.865 bits per heavy atom. The van der Waals surface area contributed by atoms with Crippen molar-refractivity contribution in [2.24, 2.45) is 0 Å². The summed E-state index contributed by atoms with van der Waals surface area (Å²) in [4.78, 5) is 0. The fraction of sp³-hybridized carbons (Fsp3) is 0.308. The lowest BCUT2D eigenvalue weighted by Crippen LogP contribution is -2.67. The first-order valence-electron chi connectivity index (χ1n) is 17.5. The van der Waals surface area contributed by atoms with E-state index in [1.807, 2.05) is 91.2 Å². The van der Waals surface area contributed by atoms with Crippen LogP contribution in [0, 0.1) is 0 Å². The van der Waals surface area contributed by atoms with Gasteiger partial charge in [-0.2, -0.15) is 4.57 Å². The van der Waals surface area contributed by atoms with Crippen LogP contribution in [0.3, 0.4) is 0 Å². The van der Waals surface area contributed by atoms with Crippen LogP contribution in [0.4, 0.5) is 5.69 Å². The van der Waals surface area contributed by atoms with Crippen LogP contribution < -0.4 is 19.1 Å². The number of hydrogen-bond donors (Lipinski definition) is 1. The van der Waals surface area contributed by atoms with Crippen molar-refractivity contribution in [1.29, 1.82) is 0 Å². The summed E-state index contributed by atoms with van der Waals surface area (Å²) >= 11 is 0. The minimum Gasteiger partial charge on any atom is -0.748 e. The summed E-state index contributed by atoms with van der Waals surface area (Å²) in [5.74, 6) is 0.841. The quantitative estimate of drug-likeness (QED) is 0.0713. The number of aryl methyl sites for hydroxylation is 1. The van der Waals surface area contributed by atoms with Crippen LogP contribution in [0.2, 0.25) is 0 Å². The molecule has 1 saturated heterocycles. The van der Waals surface area contributed by atoms with Crippen molar-refractivity contribution in [2.75, 3.05) is 25.4 Å². The molecule has 2 unspecified atom stereocenters. The van der Waals surface area contributed by atoms with E-state index in [9.17, 15) is 25.9 Å². The molecule has 2 aliphatic rings. The van der Waals surface area contributed by atoms with Gasteiger partial charge in [-0.3, -0.25) is 0 Å². The van der Waals surface area contributed by atoms with Crippen molar-refractivity contribution < 1.29 is 39.7 Å². The van der Waals surface area contributed by atoms with Gasteiger partial charge in [-0.05, 0) is 46.8 Å². The fourth-order valence-electron chi connectivity index (χ4n) is 6.60. The molecule has 1 spiro atoms. The number of quaternary nitrogens is 1. The lowest BCUT2D eigenvalue weighted by molar-refractivity contribution is -0.677. The molecule has 11 nitrogen and oxygen atoms in total. The topological polar surface area (TPSA) is 153 Å². The average molecular weight is 748 g/mol. The van der Waals surface area contributed by atoms with Gasteiger partial charge in [-0.1, -0.05) is 94.5 Å². The molecule has 52 heavy (non-hydrogen) atoms. The van der Waals surface area contributed by atoms with Crippen LogP contribution in [0.5, 0.6) is 5.75 Å². The molecule has 0 aliphatic carbocycles. The monoisotopic (exact) mass is 747 g/mol. The zero-order valence-electron chi connectivity index (χ0n) is 29.8. The Morgan fingerprint density at radius 2 is 1.48 bits per heavy atom. The Labute approximate surface area is 305 Å². The van der Waals surface area contributed by atoms with Gasteiger partial charge in [0.05, 0.1) is 29.2 Å². The minimum atomic E-state index is -4.62. The van der Waals surface area contributed by atoms with Gasteiger partial charge >= 0.3 is 11.8 Å². The molecule has 0 radical (unpaired) electrons. The first-order chi connectivity index (χ1) is 24.9. The second kappa shape index (κ2) is 16.5. The number of fused-ring (bicyclic) bond motifs is 5. The van der Waals surface area contributed by atoms with Crippen molar-refractivity contribution in [3.05, 3.63) is 109 Å². The number of allylic oxidation sites excluding steroid dienone is 4. The van der Waals surface area contributed by atoms with Crippen molar-refractivity contribution in [3.8, 4) is 5.75 Å². The zero-order chi connectivity index (χ0) is 37.5. The molecule has 276 valence electrons. The van der Waals surface area contributed by atoms with Gasteiger partial charge < -0.3 is 23.6 Å². The highest BCUT2D eigenvalue weighted by Crippen LogP contribution is 2.54. The van der Waals surface area contributed by atoms with E-state index in [0.29, 0.717) is 35.3 Å². The summed E-state index contributed by atoms with van der Waals surface area (Å²) in [5.41, 5.74) is 2.03. The molecule has 1 aromatic heterocycles. The van der Waals surface area contributed by atoms with E-state index in [1.165, 1.54) is 0 Å².